The highest BCUT2D eigenvalue weighted by Gasteiger charge is 2.18. The molecule has 104 valence electrons. The molecule has 19 heavy (non-hydrogen) atoms. The zero-order chi connectivity index (χ0) is 13.7. The Morgan fingerprint density at radius 2 is 2.21 bits per heavy atom. The van der Waals surface area contributed by atoms with E-state index in [9.17, 15) is 4.79 Å². The molecule has 3 heteroatoms. The molecule has 3 nitrogen and oxygen atoms in total. The highest BCUT2D eigenvalue weighted by atomic mass is 16.5. The van der Waals surface area contributed by atoms with Gasteiger partial charge in [-0.3, -0.25) is 4.79 Å². The molecule has 0 saturated carbocycles. The molecule has 0 aromatic heterocycles. The summed E-state index contributed by atoms with van der Waals surface area (Å²) in [5.41, 5.74) is 1.30. The van der Waals surface area contributed by atoms with E-state index in [2.05, 4.69) is 26.0 Å². The minimum absolute atomic E-state index is 0.293. The molecule has 0 unspecified atom stereocenters. The number of benzene rings is 1. The maximum absolute atomic E-state index is 11.4. The van der Waals surface area contributed by atoms with Crippen LogP contribution in [0.3, 0.4) is 0 Å². The molecule has 0 N–H and O–H groups in total. The summed E-state index contributed by atoms with van der Waals surface area (Å²) in [7, 11) is 0. The van der Waals surface area contributed by atoms with E-state index in [1.807, 2.05) is 17.0 Å². The summed E-state index contributed by atoms with van der Waals surface area (Å²) < 4.78 is 5.75. The van der Waals surface area contributed by atoms with Crippen LogP contribution < -0.4 is 4.74 Å². The molecule has 1 aromatic rings. The summed E-state index contributed by atoms with van der Waals surface area (Å²) in [5.74, 6) is 1.74. The Morgan fingerprint density at radius 3 is 2.89 bits per heavy atom. The number of rotatable bonds is 6. The van der Waals surface area contributed by atoms with Crippen molar-refractivity contribution in [2.24, 2.45) is 0 Å². The predicted octanol–water partition coefficient (Wildman–Crippen LogP) is 3.20. The van der Waals surface area contributed by atoms with Crippen LogP contribution >= 0.6 is 0 Å². The van der Waals surface area contributed by atoms with Gasteiger partial charge in [0.2, 0.25) is 5.91 Å². The van der Waals surface area contributed by atoms with Gasteiger partial charge in [0.15, 0.2) is 0 Å². The summed E-state index contributed by atoms with van der Waals surface area (Å²) >= 11 is 0. The van der Waals surface area contributed by atoms with E-state index in [-0.39, 0.29) is 0 Å². The monoisotopic (exact) mass is 261 g/mol. The molecule has 1 aliphatic heterocycles. The Hall–Kier alpha value is -1.51. The van der Waals surface area contributed by atoms with Crippen LogP contribution in [0.5, 0.6) is 5.75 Å². The lowest BCUT2D eigenvalue weighted by Crippen LogP contribution is -2.26. The van der Waals surface area contributed by atoms with Crippen LogP contribution in [0.1, 0.15) is 44.6 Å². The van der Waals surface area contributed by atoms with Crippen LogP contribution in [-0.2, 0) is 4.79 Å². The fraction of sp³-hybridized carbons (Fsp3) is 0.562. The summed E-state index contributed by atoms with van der Waals surface area (Å²) in [6.45, 7) is 6.77. The van der Waals surface area contributed by atoms with Gasteiger partial charge in [-0.05, 0) is 36.5 Å². The normalized spacial score (nSPS) is 15.3. The van der Waals surface area contributed by atoms with Crippen molar-refractivity contribution >= 4 is 5.91 Å². The number of likely N-dealkylation sites (tertiary alicyclic amines) is 1. The van der Waals surface area contributed by atoms with Crippen LogP contribution in [0.25, 0.3) is 0 Å². The zero-order valence-electron chi connectivity index (χ0n) is 11.9. The Labute approximate surface area is 115 Å². The fourth-order valence-corrected chi connectivity index (χ4v) is 2.35. The van der Waals surface area contributed by atoms with Crippen LogP contribution in [0.4, 0.5) is 0 Å². The van der Waals surface area contributed by atoms with Gasteiger partial charge in [0, 0.05) is 19.5 Å². The lowest BCUT2D eigenvalue weighted by molar-refractivity contribution is -0.127. The Bertz CT molecular complexity index is 429. The zero-order valence-corrected chi connectivity index (χ0v) is 11.9. The van der Waals surface area contributed by atoms with E-state index >= 15 is 0 Å². The van der Waals surface area contributed by atoms with Crippen LogP contribution in [0, 0.1) is 0 Å². The molecular formula is C16H23NO2. The standard InChI is InChI=1S/C16H23NO2/c1-13(2)14-6-3-7-15(12-14)19-11-5-10-17-9-4-8-16(17)18/h3,6-7,12-13H,4-5,8-11H2,1-2H3. The predicted molar refractivity (Wildman–Crippen MR) is 76.5 cm³/mol. The van der Waals surface area contributed by atoms with Gasteiger partial charge in [-0.15, -0.1) is 0 Å². The molecule has 0 radical (unpaired) electrons. The first-order valence-electron chi connectivity index (χ1n) is 7.17. The van der Waals surface area contributed by atoms with E-state index in [4.69, 9.17) is 4.74 Å². The van der Waals surface area contributed by atoms with Gasteiger partial charge in [-0.1, -0.05) is 26.0 Å². The summed E-state index contributed by atoms with van der Waals surface area (Å²) in [4.78, 5) is 13.4. The van der Waals surface area contributed by atoms with Gasteiger partial charge in [0.05, 0.1) is 6.61 Å². The van der Waals surface area contributed by atoms with Gasteiger partial charge >= 0.3 is 0 Å². The van der Waals surface area contributed by atoms with E-state index < -0.39 is 0 Å². The molecule has 0 aliphatic carbocycles. The van der Waals surface area contributed by atoms with Gasteiger partial charge in [-0.2, -0.15) is 0 Å². The van der Waals surface area contributed by atoms with E-state index in [1.54, 1.807) is 0 Å². The molecule has 2 rings (SSSR count). The van der Waals surface area contributed by atoms with Crippen LogP contribution in [0.15, 0.2) is 24.3 Å². The third kappa shape index (κ3) is 3.98. The van der Waals surface area contributed by atoms with Crippen molar-refractivity contribution in [3.63, 3.8) is 0 Å². The second kappa shape index (κ2) is 6.60. The SMILES string of the molecule is CC(C)c1cccc(OCCCN2CCCC2=O)c1. The number of hydrogen-bond donors (Lipinski definition) is 0. The molecular weight excluding hydrogens is 238 g/mol. The fourth-order valence-electron chi connectivity index (χ4n) is 2.35. The number of nitrogens with zero attached hydrogens (tertiary/aromatic N) is 1. The molecule has 0 atom stereocenters. The maximum atomic E-state index is 11.4. The maximum Gasteiger partial charge on any atom is 0.222 e. The minimum atomic E-state index is 0.293. The number of carbonyl (C=O) groups excluding carboxylic acids is 1. The first kappa shape index (κ1) is 13.9. The lowest BCUT2D eigenvalue weighted by atomic mass is 10.0. The van der Waals surface area contributed by atoms with Gasteiger partial charge < -0.3 is 9.64 Å². The van der Waals surface area contributed by atoms with Crippen molar-refractivity contribution < 1.29 is 9.53 Å². The minimum Gasteiger partial charge on any atom is -0.494 e. The van der Waals surface area contributed by atoms with Gasteiger partial charge in [-0.25, -0.2) is 0 Å². The first-order chi connectivity index (χ1) is 9.16. The van der Waals surface area contributed by atoms with E-state index in [0.29, 0.717) is 18.4 Å². The number of amides is 1. The van der Waals surface area contributed by atoms with E-state index in [0.717, 1.165) is 38.1 Å². The van der Waals surface area contributed by atoms with Gasteiger partial charge in [0.25, 0.3) is 0 Å². The van der Waals surface area contributed by atoms with Crippen molar-refractivity contribution in [3.05, 3.63) is 29.8 Å². The third-order valence-electron chi connectivity index (χ3n) is 3.54. The second-order valence-electron chi connectivity index (χ2n) is 5.41. The van der Waals surface area contributed by atoms with Crippen molar-refractivity contribution in [3.8, 4) is 5.75 Å². The van der Waals surface area contributed by atoms with E-state index in [1.165, 1.54) is 5.56 Å². The summed E-state index contributed by atoms with van der Waals surface area (Å²) in [6.07, 6.45) is 2.63. The van der Waals surface area contributed by atoms with Crippen LogP contribution in [0.2, 0.25) is 0 Å². The summed E-state index contributed by atoms with van der Waals surface area (Å²) in [5, 5.41) is 0. The van der Waals surface area contributed by atoms with Crippen molar-refractivity contribution in [1.29, 1.82) is 0 Å². The average Bonchev–Trinajstić information content (AvgIpc) is 2.81. The molecule has 1 heterocycles. The van der Waals surface area contributed by atoms with Crippen molar-refractivity contribution in [1.82, 2.24) is 4.90 Å². The number of carbonyl (C=O) groups is 1. The number of hydrogen-bond acceptors (Lipinski definition) is 2. The molecule has 1 fully saturated rings. The Balaban J connectivity index is 1.73. The largest absolute Gasteiger partial charge is 0.494 e. The molecule has 1 saturated heterocycles. The highest BCUT2D eigenvalue weighted by Crippen LogP contribution is 2.20. The molecule has 1 aromatic carbocycles. The molecule has 1 aliphatic rings. The molecule has 0 bridgehead atoms. The topological polar surface area (TPSA) is 29.5 Å². The third-order valence-corrected chi connectivity index (χ3v) is 3.54. The van der Waals surface area contributed by atoms with Crippen molar-refractivity contribution in [2.45, 2.75) is 39.0 Å². The smallest absolute Gasteiger partial charge is 0.222 e. The Kier molecular flexibility index (Phi) is 4.83. The Morgan fingerprint density at radius 1 is 1.37 bits per heavy atom. The quantitative estimate of drug-likeness (QED) is 0.736. The van der Waals surface area contributed by atoms with Gasteiger partial charge in [0.1, 0.15) is 5.75 Å². The molecule has 1 amide bonds. The summed E-state index contributed by atoms with van der Waals surface area (Å²) in [6, 6.07) is 8.26. The number of ether oxygens (including phenoxy) is 1. The second-order valence-corrected chi connectivity index (χ2v) is 5.41. The first-order valence-corrected chi connectivity index (χ1v) is 7.17. The molecule has 0 spiro atoms. The average molecular weight is 261 g/mol. The lowest BCUT2D eigenvalue weighted by Gasteiger charge is -2.15. The highest BCUT2D eigenvalue weighted by molar-refractivity contribution is 5.77. The van der Waals surface area contributed by atoms with Crippen molar-refractivity contribution in [2.75, 3.05) is 19.7 Å². The van der Waals surface area contributed by atoms with Crippen LogP contribution in [-0.4, -0.2) is 30.5 Å².